The largest absolute Gasteiger partial charge is 0.297 e. The first-order valence-electron chi connectivity index (χ1n) is 5.28. The van der Waals surface area contributed by atoms with E-state index in [1.807, 2.05) is 12.3 Å². The van der Waals surface area contributed by atoms with Gasteiger partial charge in [0, 0.05) is 17.4 Å². The third-order valence-electron chi connectivity index (χ3n) is 3.59. The number of aryl methyl sites for hydroxylation is 1. The summed E-state index contributed by atoms with van der Waals surface area (Å²) in [6.45, 7) is 5.63. The van der Waals surface area contributed by atoms with Gasteiger partial charge in [0.15, 0.2) is 0 Å². The minimum absolute atomic E-state index is 0.207. The van der Waals surface area contributed by atoms with Crippen LogP contribution in [0.3, 0.4) is 0 Å². The zero-order valence-electron chi connectivity index (χ0n) is 9.25. The molecule has 2 heteroatoms. The first-order chi connectivity index (χ1) is 6.64. The quantitative estimate of drug-likeness (QED) is 0.675. The molecule has 0 saturated carbocycles. The molecule has 2 heterocycles. The Morgan fingerprint density at radius 2 is 2.29 bits per heavy atom. The Morgan fingerprint density at radius 3 is 2.86 bits per heavy atom. The van der Waals surface area contributed by atoms with Crippen molar-refractivity contribution in [1.82, 2.24) is 9.88 Å². The summed E-state index contributed by atoms with van der Waals surface area (Å²) in [5.74, 6) is 0. The van der Waals surface area contributed by atoms with E-state index in [0.717, 1.165) is 0 Å². The second-order valence-electron chi connectivity index (χ2n) is 4.44. The van der Waals surface area contributed by atoms with Crippen molar-refractivity contribution in [3.63, 3.8) is 0 Å². The van der Waals surface area contributed by atoms with Gasteiger partial charge in [-0.05, 0) is 51.9 Å². The first kappa shape index (κ1) is 9.66. The van der Waals surface area contributed by atoms with Crippen LogP contribution < -0.4 is 0 Å². The molecule has 1 saturated heterocycles. The van der Waals surface area contributed by atoms with Gasteiger partial charge in [0.1, 0.15) is 0 Å². The molecule has 0 bridgehead atoms. The van der Waals surface area contributed by atoms with Gasteiger partial charge in [-0.2, -0.15) is 0 Å². The number of rotatable bonds is 1. The van der Waals surface area contributed by atoms with Crippen molar-refractivity contribution in [1.29, 1.82) is 0 Å². The number of aromatic nitrogens is 1. The highest BCUT2D eigenvalue weighted by Crippen LogP contribution is 2.37. The molecular formula is C12H18N2. The van der Waals surface area contributed by atoms with Crippen LogP contribution >= 0.6 is 0 Å². The second kappa shape index (κ2) is 3.35. The minimum atomic E-state index is 0.207. The maximum atomic E-state index is 4.38. The van der Waals surface area contributed by atoms with Gasteiger partial charge in [-0.3, -0.25) is 9.88 Å². The van der Waals surface area contributed by atoms with E-state index in [9.17, 15) is 0 Å². The highest BCUT2D eigenvalue weighted by molar-refractivity contribution is 5.28. The van der Waals surface area contributed by atoms with Gasteiger partial charge in [0.05, 0.1) is 0 Å². The Balaban J connectivity index is 2.43. The molecule has 0 radical (unpaired) electrons. The molecule has 1 atom stereocenters. The van der Waals surface area contributed by atoms with Crippen LogP contribution in [-0.4, -0.2) is 23.5 Å². The van der Waals surface area contributed by atoms with Gasteiger partial charge in [-0.25, -0.2) is 0 Å². The smallest absolute Gasteiger partial charge is 0.0447 e. The molecule has 14 heavy (non-hydrogen) atoms. The number of likely N-dealkylation sites (tertiary alicyclic amines) is 1. The number of hydrogen-bond acceptors (Lipinski definition) is 2. The van der Waals surface area contributed by atoms with Crippen LogP contribution in [0.2, 0.25) is 0 Å². The van der Waals surface area contributed by atoms with Gasteiger partial charge in [-0.1, -0.05) is 6.07 Å². The summed E-state index contributed by atoms with van der Waals surface area (Å²) >= 11 is 0. The molecule has 76 valence electrons. The van der Waals surface area contributed by atoms with Crippen molar-refractivity contribution in [3.05, 3.63) is 29.6 Å². The van der Waals surface area contributed by atoms with Crippen LogP contribution in [0.4, 0.5) is 0 Å². The van der Waals surface area contributed by atoms with Crippen LogP contribution in [0.15, 0.2) is 18.3 Å². The lowest BCUT2D eigenvalue weighted by molar-refractivity contribution is 0.196. The van der Waals surface area contributed by atoms with E-state index in [1.165, 1.54) is 30.6 Å². The third kappa shape index (κ3) is 1.34. The fourth-order valence-electron chi connectivity index (χ4n) is 2.49. The van der Waals surface area contributed by atoms with Crippen molar-refractivity contribution in [2.75, 3.05) is 13.6 Å². The van der Waals surface area contributed by atoms with Crippen molar-refractivity contribution < 1.29 is 0 Å². The number of hydrogen-bond donors (Lipinski definition) is 0. The maximum absolute atomic E-state index is 4.38. The van der Waals surface area contributed by atoms with E-state index in [-0.39, 0.29) is 5.54 Å². The Hall–Kier alpha value is -0.890. The van der Waals surface area contributed by atoms with Crippen LogP contribution in [0, 0.1) is 6.92 Å². The molecule has 0 aromatic carbocycles. The molecule has 0 unspecified atom stereocenters. The van der Waals surface area contributed by atoms with Gasteiger partial charge in [0.2, 0.25) is 0 Å². The molecule has 0 amide bonds. The zero-order chi connectivity index (χ0) is 10.2. The molecule has 2 rings (SSSR count). The molecule has 1 aromatic heterocycles. The Labute approximate surface area is 86.0 Å². The zero-order valence-corrected chi connectivity index (χ0v) is 9.25. The van der Waals surface area contributed by atoms with Crippen molar-refractivity contribution in [3.8, 4) is 0 Å². The summed E-state index contributed by atoms with van der Waals surface area (Å²) in [6.07, 6.45) is 4.41. The molecular weight excluding hydrogens is 172 g/mol. The Bertz CT molecular complexity index is 335. The minimum Gasteiger partial charge on any atom is -0.297 e. The van der Waals surface area contributed by atoms with Gasteiger partial charge < -0.3 is 0 Å². The molecule has 0 aliphatic carbocycles. The van der Waals surface area contributed by atoms with Crippen molar-refractivity contribution in [2.24, 2.45) is 0 Å². The van der Waals surface area contributed by atoms with Gasteiger partial charge in [0.25, 0.3) is 0 Å². The second-order valence-corrected chi connectivity index (χ2v) is 4.44. The lowest BCUT2D eigenvalue weighted by atomic mass is 9.88. The highest BCUT2D eigenvalue weighted by Gasteiger charge is 2.36. The normalized spacial score (nSPS) is 28.2. The Kier molecular flexibility index (Phi) is 2.31. The topological polar surface area (TPSA) is 16.1 Å². The highest BCUT2D eigenvalue weighted by atomic mass is 15.2. The summed E-state index contributed by atoms with van der Waals surface area (Å²) in [5, 5.41) is 0. The number of nitrogens with zero attached hydrogens (tertiary/aromatic N) is 2. The monoisotopic (exact) mass is 190 g/mol. The van der Waals surface area contributed by atoms with E-state index in [1.54, 1.807) is 0 Å². The van der Waals surface area contributed by atoms with Gasteiger partial charge >= 0.3 is 0 Å². The van der Waals surface area contributed by atoms with E-state index >= 15 is 0 Å². The summed E-state index contributed by atoms with van der Waals surface area (Å²) in [5.41, 5.74) is 2.77. The first-order valence-corrected chi connectivity index (χ1v) is 5.28. The van der Waals surface area contributed by atoms with Crippen LogP contribution in [0.5, 0.6) is 0 Å². The summed E-state index contributed by atoms with van der Waals surface area (Å²) in [4.78, 5) is 6.82. The maximum Gasteiger partial charge on any atom is 0.0447 e. The third-order valence-corrected chi connectivity index (χ3v) is 3.59. The molecule has 0 N–H and O–H groups in total. The predicted molar refractivity (Wildman–Crippen MR) is 58.2 cm³/mol. The van der Waals surface area contributed by atoms with Crippen LogP contribution in [0.1, 0.15) is 31.0 Å². The lowest BCUT2D eigenvalue weighted by Crippen LogP contribution is -2.36. The molecule has 1 fully saturated rings. The summed E-state index contributed by atoms with van der Waals surface area (Å²) in [7, 11) is 2.21. The number of pyridine rings is 1. The van der Waals surface area contributed by atoms with E-state index < -0.39 is 0 Å². The molecule has 0 spiro atoms. The van der Waals surface area contributed by atoms with E-state index in [0.29, 0.717) is 0 Å². The van der Waals surface area contributed by atoms with Crippen molar-refractivity contribution in [2.45, 2.75) is 32.2 Å². The van der Waals surface area contributed by atoms with Crippen LogP contribution in [-0.2, 0) is 5.54 Å². The van der Waals surface area contributed by atoms with E-state index in [4.69, 9.17) is 0 Å². The molecule has 1 aliphatic rings. The van der Waals surface area contributed by atoms with Crippen LogP contribution in [0.25, 0.3) is 0 Å². The van der Waals surface area contributed by atoms with E-state index in [2.05, 4.69) is 36.8 Å². The SMILES string of the molecule is Cc1ncccc1[C@]1(C)CCCN1C. The molecule has 1 aliphatic heterocycles. The molecule has 2 nitrogen and oxygen atoms in total. The Morgan fingerprint density at radius 1 is 1.50 bits per heavy atom. The predicted octanol–water partition coefficient (Wildman–Crippen LogP) is 2.33. The average Bonchev–Trinajstić information content (AvgIpc) is 2.49. The van der Waals surface area contributed by atoms with Crippen molar-refractivity contribution >= 4 is 0 Å². The molecule has 1 aromatic rings. The van der Waals surface area contributed by atoms with Gasteiger partial charge in [-0.15, -0.1) is 0 Å². The fourth-order valence-corrected chi connectivity index (χ4v) is 2.49. The summed E-state index contributed by atoms with van der Waals surface area (Å²) < 4.78 is 0. The average molecular weight is 190 g/mol. The summed E-state index contributed by atoms with van der Waals surface area (Å²) in [6, 6.07) is 4.25. The standard InChI is InChI=1S/C12H18N2/c1-10-11(6-4-8-13-10)12(2)7-5-9-14(12)3/h4,6,8H,5,7,9H2,1-3H3/t12-/m0/s1. The fraction of sp³-hybridized carbons (Fsp3) is 0.583. The lowest BCUT2D eigenvalue weighted by Gasteiger charge is -2.33.